The maximum atomic E-state index is 12.7. The lowest BCUT2D eigenvalue weighted by Crippen LogP contribution is -2.19. The van der Waals surface area contributed by atoms with Gasteiger partial charge in [-0.2, -0.15) is 0 Å². The van der Waals surface area contributed by atoms with Gasteiger partial charge in [0.25, 0.3) is 0 Å². The van der Waals surface area contributed by atoms with Gasteiger partial charge in [-0.25, -0.2) is 0 Å². The molecule has 0 fully saturated rings. The van der Waals surface area contributed by atoms with Crippen molar-refractivity contribution in [3.05, 3.63) is 65.5 Å². The summed E-state index contributed by atoms with van der Waals surface area (Å²) in [5, 5.41) is 10.9. The molecule has 1 N–H and O–H groups in total. The Morgan fingerprint density at radius 2 is 1.84 bits per heavy atom. The maximum absolute atomic E-state index is 12.7. The average molecular weight is 335 g/mol. The highest BCUT2D eigenvalue weighted by molar-refractivity contribution is 5.98. The molecule has 0 radical (unpaired) electrons. The van der Waals surface area contributed by atoms with Crippen molar-refractivity contribution in [2.24, 2.45) is 0 Å². The number of para-hydroxylation sites is 1. The molecule has 5 heteroatoms. The zero-order valence-electron chi connectivity index (χ0n) is 14.6. The van der Waals surface area contributed by atoms with Crippen LogP contribution in [0.25, 0.3) is 11.5 Å². The highest BCUT2D eigenvalue weighted by Crippen LogP contribution is 2.28. The lowest BCUT2D eigenvalue weighted by atomic mass is 9.98. The second kappa shape index (κ2) is 7.30. The zero-order chi connectivity index (χ0) is 17.8. The second-order valence-electron chi connectivity index (χ2n) is 5.98. The van der Waals surface area contributed by atoms with Crippen molar-refractivity contribution in [1.29, 1.82) is 0 Å². The quantitative estimate of drug-likeness (QED) is 0.752. The number of nitrogens with one attached hydrogen (secondary N) is 1. The summed E-state index contributed by atoms with van der Waals surface area (Å²) in [7, 11) is 0. The van der Waals surface area contributed by atoms with Crippen molar-refractivity contribution >= 4 is 11.6 Å². The van der Waals surface area contributed by atoms with Crippen LogP contribution in [0.1, 0.15) is 36.8 Å². The van der Waals surface area contributed by atoms with Crippen molar-refractivity contribution in [1.82, 2.24) is 10.2 Å². The van der Waals surface area contributed by atoms with E-state index in [9.17, 15) is 4.79 Å². The number of hydrogen-bond acceptors (Lipinski definition) is 4. The molecular weight excluding hydrogens is 314 g/mol. The molecule has 0 saturated carbocycles. The first-order valence-electron chi connectivity index (χ1n) is 8.37. The largest absolute Gasteiger partial charge is 0.421 e. The Balaban J connectivity index is 1.81. The van der Waals surface area contributed by atoms with Crippen LogP contribution in [-0.4, -0.2) is 16.1 Å². The molecule has 5 nitrogen and oxygen atoms in total. The number of nitrogens with zero attached hydrogens (tertiary/aromatic N) is 2. The van der Waals surface area contributed by atoms with Gasteiger partial charge in [0.05, 0.1) is 17.2 Å². The van der Waals surface area contributed by atoms with Gasteiger partial charge in [-0.1, -0.05) is 43.3 Å². The van der Waals surface area contributed by atoms with Gasteiger partial charge in [-0.3, -0.25) is 4.79 Å². The van der Waals surface area contributed by atoms with Crippen molar-refractivity contribution < 1.29 is 9.21 Å². The van der Waals surface area contributed by atoms with Gasteiger partial charge in [0.2, 0.25) is 17.7 Å². The van der Waals surface area contributed by atoms with Crippen LogP contribution in [0.4, 0.5) is 5.69 Å². The number of hydrogen-bond donors (Lipinski definition) is 1. The minimum Gasteiger partial charge on any atom is -0.421 e. The molecule has 0 bridgehead atoms. The molecule has 1 heterocycles. The summed E-state index contributed by atoms with van der Waals surface area (Å²) in [6.07, 6.45) is 0.984. The third-order valence-electron chi connectivity index (χ3n) is 4.22. The topological polar surface area (TPSA) is 68.0 Å². The number of benzene rings is 2. The van der Waals surface area contributed by atoms with E-state index in [2.05, 4.69) is 34.6 Å². The Bertz CT molecular complexity index is 869. The molecule has 3 rings (SSSR count). The Hall–Kier alpha value is -2.95. The molecule has 0 spiro atoms. The predicted molar refractivity (Wildman–Crippen MR) is 97.3 cm³/mol. The SMILES string of the molecule is CCc1ccc(C(C)C(=O)Nc2ccccc2-c2nnc(C)o2)cc1. The molecule has 0 aliphatic carbocycles. The lowest BCUT2D eigenvalue weighted by Gasteiger charge is -2.14. The molecular formula is C20H21N3O2. The molecule has 0 aliphatic heterocycles. The summed E-state index contributed by atoms with van der Waals surface area (Å²) < 4.78 is 5.49. The molecule has 1 atom stereocenters. The van der Waals surface area contributed by atoms with E-state index in [0.717, 1.165) is 12.0 Å². The summed E-state index contributed by atoms with van der Waals surface area (Å²) >= 11 is 0. The third-order valence-corrected chi connectivity index (χ3v) is 4.22. The molecule has 0 saturated heterocycles. The summed E-state index contributed by atoms with van der Waals surface area (Å²) in [5.41, 5.74) is 3.62. The summed E-state index contributed by atoms with van der Waals surface area (Å²) in [5.74, 6) is 0.546. The van der Waals surface area contributed by atoms with E-state index in [1.54, 1.807) is 6.92 Å². The minimum atomic E-state index is -0.261. The summed E-state index contributed by atoms with van der Waals surface area (Å²) in [6.45, 7) is 5.75. The smallest absolute Gasteiger partial charge is 0.249 e. The van der Waals surface area contributed by atoms with Gasteiger partial charge >= 0.3 is 0 Å². The Morgan fingerprint density at radius 3 is 2.48 bits per heavy atom. The van der Waals surface area contributed by atoms with Crippen molar-refractivity contribution in [3.8, 4) is 11.5 Å². The molecule has 128 valence electrons. The van der Waals surface area contributed by atoms with Crippen LogP contribution in [-0.2, 0) is 11.2 Å². The highest BCUT2D eigenvalue weighted by atomic mass is 16.4. The van der Waals surface area contributed by atoms with Gasteiger partial charge in [-0.05, 0) is 36.6 Å². The van der Waals surface area contributed by atoms with Crippen LogP contribution in [0, 0.1) is 6.92 Å². The highest BCUT2D eigenvalue weighted by Gasteiger charge is 2.18. The molecule has 1 unspecified atom stereocenters. The number of aryl methyl sites for hydroxylation is 2. The fraction of sp³-hybridized carbons (Fsp3) is 0.250. The predicted octanol–water partition coefficient (Wildman–Crippen LogP) is 4.35. The number of rotatable bonds is 5. The van der Waals surface area contributed by atoms with Crippen molar-refractivity contribution in [2.75, 3.05) is 5.32 Å². The molecule has 1 amide bonds. The number of anilines is 1. The van der Waals surface area contributed by atoms with E-state index < -0.39 is 0 Å². The fourth-order valence-corrected chi connectivity index (χ4v) is 2.62. The van der Waals surface area contributed by atoms with Gasteiger partial charge in [0, 0.05) is 6.92 Å². The fourth-order valence-electron chi connectivity index (χ4n) is 2.62. The molecule has 1 aromatic heterocycles. The van der Waals surface area contributed by atoms with Gasteiger partial charge < -0.3 is 9.73 Å². The number of carbonyl (C=O) groups excluding carboxylic acids is 1. The van der Waals surface area contributed by atoms with Crippen LogP contribution >= 0.6 is 0 Å². The van der Waals surface area contributed by atoms with E-state index in [1.165, 1.54) is 5.56 Å². The van der Waals surface area contributed by atoms with E-state index in [-0.39, 0.29) is 11.8 Å². The molecule has 25 heavy (non-hydrogen) atoms. The van der Waals surface area contributed by atoms with E-state index >= 15 is 0 Å². The van der Waals surface area contributed by atoms with Crippen molar-refractivity contribution in [3.63, 3.8) is 0 Å². The van der Waals surface area contributed by atoms with Crippen LogP contribution in [0.2, 0.25) is 0 Å². The lowest BCUT2D eigenvalue weighted by molar-refractivity contribution is -0.117. The van der Waals surface area contributed by atoms with Crippen LogP contribution < -0.4 is 5.32 Å². The minimum absolute atomic E-state index is 0.0760. The standard InChI is InChI=1S/C20H21N3O2/c1-4-15-9-11-16(12-10-15)13(2)19(24)21-18-8-6-5-7-17(18)20-23-22-14(3)25-20/h5-13H,4H2,1-3H3,(H,21,24). The van der Waals surface area contributed by atoms with Crippen LogP contribution in [0.15, 0.2) is 52.9 Å². The van der Waals surface area contributed by atoms with Gasteiger partial charge in [-0.15, -0.1) is 10.2 Å². The number of carbonyl (C=O) groups is 1. The Morgan fingerprint density at radius 1 is 1.12 bits per heavy atom. The van der Waals surface area contributed by atoms with Crippen LogP contribution in [0.5, 0.6) is 0 Å². The first-order valence-corrected chi connectivity index (χ1v) is 8.37. The summed E-state index contributed by atoms with van der Waals surface area (Å²) in [4.78, 5) is 12.7. The summed E-state index contributed by atoms with van der Waals surface area (Å²) in [6, 6.07) is 15.6. The second-order valence-corrected chi connectivity index (χ2v) is 5.98. The monoisotopic (exact) mass is 335 g/mol. The Labute approximate surface area is 147 Å². The molecule has 2 aromatic carbocycles. The van der Waals surface area contributed by atoms with E-state index in [0.29, 0.717) is 23.0 Å². The van der Waals surface area contributed by atoms with Gasteiger partial charge in [0.15, 0.2) is 0 Å². The molecule has 0 aliphatic rings. The van der Waals surface area contributed by atoms with E-state index in [4.69, 9.17) is 4.42 Å². The average Bonchev–Trinajstić information content (AvgIpc) is 3.07. The first-order chi connectivity index (χ1) is 12.1. The van der Waals surface area contributed by atoms with E-state index in [1.807, 2.05) is 43.3 Å². The zero-order valence-corrected chi connectivity index (χ0v) is 14.6. The first kappa shape index (κ1) is 16.9. The number of aromatic nitrogens is 2. The Kier molecular flexibility index (Phi) is 4.93. The normalized spacial score (nSPS) is 12.0. The maximum Gasteiger partial charge on any atom is 0.249 e. The number of amides is 1. The van der Waals surface area contributed by atoms with Crippen LogP contribution in [0.3, 0.4) is 0 Å². The van der Waals surface area contributed by atoms with Crippen molar-refractivity contribution in [2.45, 2.75) is 33.1 Å². The van der Waals surface area contributed by atoms with Gasteiger partial charge in [0.1, 0.15) is 0 Å². The third kappa shape index (κ3) is 3.76. The molecule has 3 aromatic rings.